The van der Waals surface area contributed by atoms with Crippen molar-refractivity contribution in [2.24, 2.45) is 11.3 Å². The van der Waals surface area contributed by atoms with Crippen LogP contribution >= 0.6 is 0 Å². The highest BCUT2D eigenvalue weighted by atomic mass is 16.3. The maximum absolute atomic E-state index is 10.2. The van der Waals surface area contributed by atoms with Crippen molar-refractivity contribution in [1.29, 1.82) is 0 Å². The molecule has 2 aliphatic rings. The van der Waals surface area contributed by atoms with Crippen LogP contribution in [-0.4, -0.2) is 47.8 Å². The van der Waals surface area contributed by atoms with E-state index in [9.17, 15) is 5.11 Å². The number of nitrogens with zero attached hydrogens (tertiary/aromatic N) is 1. The Bertz CT molecular complexity index is 316. The van der Waals surface area contributed by atoms with Crippen molar-refractivity contribution in [3.8, 4) is 0 Å². The molecule has 118 valence electrons. The number of hydrogen-bond acceptors (Lipinski definition) is 3. The fraction of sp³-hybridized carbons (Fsp3) is 1.00. The van der Waals surface area contributed by atoms with E-state index in [2.05, 4.69) is 31.0 Å². The van der Waals surface area contributed by atoms with E-state index >= 15 is 0 Å². The summed E-state index contributed by atoms with van der Waals surface area (Å²) in [4.78, 5) is 2.50. The molecule has 2 rings (SSSR count). The monoisotopic (exact) mass is 282 g/mol. The van der Waals surface area contributed by atoms with Gasteiger partial charge < -0.3 is 10.4 Å². The number of nitrogens with one attached hydrogen (secondary N) is 1. The zero-order valence-corrected chi connectivity index (χ0v) is 13.9. The highest BCUT2D eigenvalue weighted by Crippen LogP contribution is 2.40. The van der Waals surface area contributed by atoms with Gasteiger partial charge in [0.2, 0.25) is 0 Å². The fourth-order valence-electron chi connectivity index (χ4n) is 4.20. The molecule has 3 atom stereocenters. The van der Waals surface area contributed by atoms with Crippen LogP contribution in [0, 0.1) is 11.3 Å². The van der Waals surface area contributed by atoms with Crippen molar-refractivity contribution < 1.29 is 5.11 Å². The Hall–Kier alpha value is -0.120. The minimum Gasteiger partial charge on any atom is -0.389 e. The Labute approximate surface area is 125 Å². The van der Waals surface area contributed by atoms with E-state index < -0.39 is 5.60 Å². The van der Waals surface area contributed by atoms with E-state index in [1.807, 2.05) is 6.92 Å². The van der Waals surface area contributed by atoms with Crippen molar-refractivity contribution in [2.75, 3.05) is 26.2 Å². The highest BCUT2D eigenvalue weighted by Gasteiger charge is 2.40. The van der Waals surface area contributed by atoms with Crippen LogP contribution < -0.4 is 5.32 Å². The molecule has 0 aromatic heterocycles. The first-order chi connectivity index (χ1) is 9.30. The molecule has 0 bridgehead atoms. The molecule has 2 fully saturated rings. The van der Waals surface area contributed by atoms with Crippen LogP contribution in [0.5, 0.6) is 0 Å². The third-order valence-corrected chi connectivity index (χ3v) is 5.16. The average Bonchev–Trinajstić information content (AvgIpc) is 2.66. The zero-order chi connectivity index (χ0) is 14.8. The molecule has 1 aliphatic heterocycles. The topological polar surface area (TPSA) is 35.5 Å². The molecule has 3 nitrogen and oxygen atoms in total. The van der Waals surface area contributed by atoms with E-state index in [0.717, 1.165) is 38.5 Å². The first-order valence-corrected chi connectivity index (χ1v) is 8.48. The lowest BCUT2D eigenvalue weighted by Gasteiger charge is -2.43. The zero-order valence-electron chi connectivity index (χ0n) is 13.9. The van der Waals surface area contributed by atoms with E-state index in [-0.39, 0.29) is 0 Å². The molecule has 1 saturated carbocycles. The van der Waals surface area contributed by atoms with Gasteiger partial charge in [0, 0.05) is 32.2 Å². The summed E-state index contributed by atoms with van der Waals surface area (Å²) in [5, 5.41) is 13.9. The van der Waals surface area contributed by atoms with Crippen molar-refractivity contribution in [3.63, 3.8) is 0 Å². The Kier molecular flexibility index (Phi) is 5.14. The third-order valence-electron chi connectivity index (χ3n) is 5.16. The van der Waals surface area contributed by atoms with Gasteiger partial charge in [0.15, 0.2) is 0 Å². The van der Waals surface area contributed by atoms with Crippen molar-refractivity contribution in [2.45, 2.75) is 71.4 Å². The van der Waals surface area contributed by atoms with E-state index in [0.29, 0.717) is 11.5 Å². The minimum absolute atomic E-state index is 0.419. The lowest BCUT2D eigenvalue weighted by atomic mass is 9.69. The largest absolute Gasteiger partial charge is 0.389 e. The van der Waals surface area contributed by atoms with Crippen LogP contribution in [0.1, 0.15) is 59.8 Å². The summed E-state index contributed by atoms with van der Waals surface area (Å²) in [5.74, 6) is 0.848. The smallest absolute Gasteiger partial charge is 0.0758 e. The van der Waals surface area contributed by atoms with Gasteiger partial charge in [0.1, 0.15) is 0 Å². The Morgan fingerprint density at radius 1 is 1.35 bits per heavy atom. The maximum atomic E-state index is 10.2. The molecule has 1 heterocycles. The van der Waals surface area contributed by atoms with Gasteiger partial charge in [0.25, 0.3) is 0 Å². The first-order valence-electron chi connectivity index (χ1n) is 8.48. The fourth-order valence-corrected chi connectivity index (χ4v) is 4.20. The van der Waals surface area contributed by atoms with Gasteiger partial charge in [-0.25, -0.2) is 0 Å². The number of β-amino-alcohol motifs (C(OH)–C–C–N with tert-alkyl or cyclic N) is 1. The summed E-state index contributed by atoms with van der Waals surface area (Å²) in [5.41, 5.74) is -0.0463. The van der Waals surface area contributed by atoms with Crippen LogP contribution in [0.3, 0.4) is 0 Å². The average molecular weight is 282 g/mol. The van der Waals surface area contributed by atoms with Crippen LogP contribution in [0.15, 0.2) is 0 Å². The van der Waals surface area contributed by atoms with Crippen LogP contribution in [0.4, 0.5) is 0 Å². The Balaban J connectivity index is 1.99. The van der Waals surface area contributed by atoms with E-state index in [1.165, 1.54) is 25.7 Å². The summed E-state index contributed by atoms with van der Waals surface area (Å²) < 4.78 is 0. The summed E-state index contributed by atoms with van der Waals surface area (Å²) >= 11 is 0. The highest BCUT2D eigenvalue weighted by molar-refractivity contribution is 4.94. The van der Waals surface area contributed by atoms with E-state index in [1.54, 1.807) is 0 Å². The van der Waals surface area contributed by atoms with Crippen molar-refractivity contribution >= 4 is 0 Å². The molecule has 1 saturated heterocycles. The van der Waals surface area contributed by atoms with Gasteiger partial charge in [-0.2, -0.15) is 0 Å². The van der Waals surface area contributed by atoms with Gasteiger partial charge >= 0.3 is 0 Å². The molecule has 3 heteroatoms. The maximum Gasteiger partial charge on any atom is 0.0758 e. The molecular weight excluding hydrogens is 248 g/mol. The molecule has 0 spiro atoms. The standard InChI is InChI=1S/C17H34N2O/c1-14(2)18-11-17(7-5-6-15(3)10-17)13-19-9-8-16(4,20)12-19/h14-15,18,20H,5-13H2,1-4H3. The number of aliphatic hydroxyl groups is 1. The normalized spacial score (nSPS) is 39.6. The van der Waals surface area contributed by atoms with Crippen LogP contribution in [0.2, 0.25) is 0 Å². The molecule has 0 aromatic rings. The van der Waals surface area contributed by atoms with Gasteiger partial charge in [0.05, 0.1) is 5.60 Å². The molecule has 1 aliphatic carbocycles. The number of likely N-dealkylation sites (tertiary alicyclic amines) is 1. The summed E-state index contributed by atoms with van der Waals surface area (Å²) in [7, 11) is 0. The second kappa shape index (κ2) is 6.33. The number of rotatable bonds is 5. The molecule has 0 amide bonds. The second-order valence-electron chi connectivity index (χ2n) is 8.19. The van der Waals surface area contributed by atoms with Gasteiger partial charge in [-0.1, -0.05) is 33.6 Å². The lowest BCUT2D eigenvalue weighted by molar-refractivity contribution is 0.0477. The molecular formula is C17H34N2O. The quantitative estimate of drug-likeness (QED) is 0.814. The molecule has 20 heavy (non-hydrogen) atoms. The molecule has 2 N–H and O–H groups in total. The van der Waals surface area contributed by atoms with Gasteiger partial charge in [-0.05, 0) is 37.5 Å². The molecule has 3 unspecified atom stereocenters. The predicted octanol–water partition coefficient (Wildman–Crippen LogP) is 2.64. The van der Waals surface area contributed by atoms with E-state index in [4.69, 9.17) is 0 Å². The van der Waals surface area contributed by atoms with Crippen molar-refractivity contribution in [3.05, 3.63) is 0 Å². The molecule has 0 aromatic carbocycles. The second-order valence-corrected chi connectivity index (χ2v) is 8.19. The van der Waals surface area contributed by atoms with Gasteiger partial charge in [-0.3, -0.25) is 4.90 Å². The molecule has 0 radical (unpaired) electrons. The Morgan fingerprint density at radius 3 is 2.65 bits per heavy atom. The SMILES string of the molecule is CC1CCCC(CNC(C)C)(CN2CCC(C)(O)C2)C1. The van der Waals surface area contributed by atoms with Crippen LogP contribution in [0.25, 0.3) is 0 Å². The Morgan fingerprint density at radius 2 is 2.10 bits per heavy atom. The first kappa shape index (κ1) is 16.3. The summed E-state index contributed by atoms with van der Waals surface area (Å²) in [6.45, 7) is 13.1. The minimum atomic E-state index is -0.465. The number of hydrogen-bond donors (Lipinski definition) is 2. The van der Waals surface area contributed by atoms with Crippen LogP contribution in [-0.2, 0) is 0 Å². The summed E-state index contributed by atoms with van der Waals surface area (Å²) in [6, 6.07) is 0.561. The predicted molar refractivity (Wildman–Crippen MR) is 84.9 cm³/mol. The van der Waals surface area contributed by atoms with Gasteiger partial charge in [-0.15, -0.1) is 0 Å². The summed E-state index contributed by atoms with van der Waals surface area (Å²) in [6.07, 6.45) is 6.36. The third kappa shape index (κ3) is 4.44. The lowest BCUT2D eigenvalue weighted by Crippen LogP contribution is -2.48. The van der Waals surface area contributed by atoms with Crippen molar-refractivity contribution in [1.82, 2.24) is 10.2 Å².